The summed E-state index contributed by atoms with van der Waals surface area (Å²) in [5.74, 6) is 0.602. The Hall–Kier alpha value is -0.890. The lowest BCUT2D eigenvalue weighted by Crippen LogP contribution is -2.31. The van der Waals surface area contributed by atoms with Crippen molar-refractivity contribution in [2.75, 3.05) is 7.05 Å². The highest BCUT2D eigenvalue weighted by molar-refractivity contribution is 5.27. The van der Waals surface area contributed by atoms with E-state index in [0.717, 1.165) is 0 Å². The number of pyridine rings is 1. The lowest BCUT2D eigenvalue weighted by atomic mass is 9.82. The summed E-state index contributed by atoms with van der Waals surface area (Å²) < 4.78 is 0. The summed E-state index contributed by atoms with van der Waals surface area (Å²) in [7, 11) is 2.03. The van der Waals surface area contributed by atoms with Gasteiger partial charge in [0.15, 0.2) is 0 Å². The number of rotatable bonds is 2. The van der Waals surface area contributed by atoms with Crippen molar-refractivity contribution in [2.24, 2.45) is 0 Å². The normalized spacial score (nSPS) is 22.9. The van der Waals surface area contributed by atoms with E-state index in [1.165, 1.54) is 30.5 Å². The zero-order valence-electron chi connectivity index (χ0n) is 8.96. The Kier molecular flexibility index (Phi) is 2.82. The van der Waals surface area contributed by atoms with Crippen LogP contribution in [-0.2, 0) is 6.42 Å². The minimum absolute atomic E-state index is 0.531. The highest BCUT2D eigenvalue weighted by Crippen LogP contribution is 2.31. The average molecular weight is 190 g/mol. The SMILES string of the molecule is CNC(C)C1CCCc2cccnc21. The van der Waals surface area contributed by atoms with Gasteiger partial charge in [0.1, 0.15) is 0 Å². The fraction of sp³-hybridized carbons (Fsp3) is 0.583. The molecule has 1 heterocycles. The number of nitrogens with one attached hydrogen (secondary N) is 1. The summed E-state index contributed by atoms with van der Waals surface area (Å²) in [6, 6.07) is 4.80. The quantitative estimate of drug-likeness (QED) is 0.772. The number of aromatic nitrogens is 1. The van der Waals surface area contributed by atoms with E-state index >= 15 is 0 Å². The molecule has 1 aliphatic carbocycles. The molecule has 2 atom stereocenters. The Bertz CT molecular complexity index is 309. The fourth-order valence-electron chi connectivity index (χ4n) is 2.33. The topological polar surface area (TPSA) is 24.9 Å². The van der Waals surface area contributed by atoms with Crippen molar-refractivity contribution in [3.63, 3.8) is 0 Å². The van der Waals surface area contributed by atoms with Gasteiger partial charge >= 0.3 is 0 Å². The maximum absolute atomic E-state index is 4.53. The molecule has 1 aromatic heterocycles. The van der Waals surface area contributed by atoms with Gasteiger partial charge in [-0.25, -0.2) is 0 Å². The second-order valence-electron chi connectivity index (χ2n) is 4.12. The molecule has 1 aromatic rings. The molecule has 2 nitrogen and oxygen atoms in total. The molecule has 0 amide bonds. The van der Waals surface area contributed by atoms with Crippen LogP contribution in [0.4, 0.5) is 0 Å². The van der Waals surface area contributed by atoms with Crippen LogP contribution in [-0.4, -0.2) is 18.1 Å². The molecule has 0 saturated carbocycles. The molecule has 1 N–H and O–H groups in total. The number of hydrogen-bond acceptors (Lipinski definition) is 2. The van der Waals surface area contributed by atoms with Gasteiger partial charge in [0, 0.05) is 23.9 Å². The predicted octanol–water partition coefficient (Wildman–Crippen LogP) is 2.11. The van der Waals surface area contributed by atoms with Crippen LogP contribution in [0.3, 0.4) is 0 Å². The highest BCUT2D eigenvalue weighted by Gasteiger charge is 2.24. The monoisotopic (exact) mass is 190 g/mol. The van der Waals surface area contributed by atoms with Crippen LogP contribution in [0.5, 0.6) is 0 Å². The molecule has 0 saturated heterocycles. The van der Waals surface area contributed by atoms with Crippen LogP contribution < -0.4 is 5.32 Å². The second kappa shape index (κ2) is 4.09. The maximum Gasteiger partial charge on any atom is 0.0481 e. The Morgan fingerprint density at radius 2 is 2.43 bits per heavy atom. The number of fused-ring (bicyclic) bond motifs is 1. The van der Waals surface area contributed by atoms with Gasteiger partial charge < -0.3 is 5.32 Å². The number of nitrogens with zero attached hydrogens (tertiary/aromatic N) is 1. The van der Waals surface area contributed by atoms with E-state index in [0.29, 0.717) is 12.0 Å². The van der Waals surface area contributed by atoms with E-state index < -0.39 is 0 Å². The first-order valence-corrected chi connectivity index (χ1v) is 5.44. The molecule has 1 aliphatic rings. The summed E-state index contributed by atoms with van der Waals surface area (Å²) in [4.78, 5) is 4.53. The van der Waals surface area contributed by atoms with Crippen molar-refractivity contribution < 1.29 is 0 Å². The van der Waals surface area contributed by atoms with Crippen LogP contribution in [0.25, 0.3) is 0 Å². The molecule has 2 rings (SSSR count). The first-order valence-electron chi connectivity index (χ1n) is 5.44. The molecule has 14 heavy (non-hydrogen) atoms. The van der Waals surface area contributed by atoms with Crippen molar-refractivity contribution >= 4 is 0 Å². The first-order chi connectivity index (χ1) is 6.83. The number of aryl methyl sites for hydroxylation is 1. The van der Waals surface area contributed by atoms with E-state index in [-0.39, 0.29) is 0 Å². The third kappa shape index (κ3) is 1.67. The summed E-state index contributed by atoms with van der Waals surface area (Å²) in [6.07, 6.45) is 5.69. The third-order valence-corrected chi connectivity index (χ3v) is 3.30. The average Bonchev–Trinajstić information content (AvgIpc) is 2.27. The minimum atomic E-state index is 0.531. The van der Waals surface area contributed by atoms with E-state index in [4.69, 9.17) is 0 Å². The molecule has 2 heteroatoms. The van der Waals surface area contributed by atoms with Crippen molar-refractivity contribution in [1.82, 2.24) is 10.3 Å². The summed E-state index contributed by atoms with van der Waals surface area (Å²) >= 11 is 0. The third-order valence-electron chi connectivity index (χ3n) is 3.30. The van der Waals surface area contributed by atoms with Crippen molar-refractivity contribution in [2.45, 2.75) is 38.1 Å². The molecule has 0 aromatic carbocycles. The molecule has 0 radical (unpaired) electrons. The fourth-order valence-corrected chi connectivity index (χ4v) is 2.33. The first kappa shape index (κ1) is 9.66. The molecule has 2 unspecified atom stereocenters. The van der Waals surface area contributed by atoms with Gasteiger partial charge in [-0.15, -0.1) is 0 Å². The molecule has 0 aliphatic heterocycles. The summed E-state index contributed by atoms with van der Waals surface area (Å²) in [5, 5.41) is 3.34. The molecule has 0 bridgehead atoms. The van der Waals surface area contributed by atoms with Gasteiger partial charge in [0.05, 0.1) is 0 Å². The second-order valence-corrected chi connectivity index (χ2v) is 4.12. The zero-order chi connectivity index (χ0) is 9.97. The van der Waals surface area contributed by atoms with Crippen LogP contribution in [0.15, 0.2) is 18.3 Å². The standard InChI is InChI=1S/C12H18N2/c1-9(13-2)11-7-3-5-10-6-4-8-14-12(10)11/h4,6,8-9,11,13H,3,5,7H2,1-2H3. The molecule has 0 spiro atoms. The molecule has 0 fully saturated rings. The Balaban J connectivity index is 2.30. The largest absolute Gasteiger partial charge is 0.317 e. The van der Waals surface area contributed by atoms with E-state index in [1.807, 2.05) is 19.3 Å². The summed E-state index contributed by atoms with van der Waals surface area (Å²) in [5.41, 5.74) is 2.77. The molecule has 76 valence electrons. The Morgan fingerprint density at radius 3 is 3.21 bits per heavy atom. The minimum Gasteiger partial charge on any atom is -0.317 e. The van der Waals surface area contributed by atoms with Gasteiger partial charge in [-0.1, -0.05) is 6.07 Å². The van der Waals surface area contributed by atoms with Gasteiger partial charge in [0.25, 0.3) is 0 Å². The highest BCUT2D eigenvalue weighted by atomic mass is 14.9. The Morgan fingerprint density at radius 1 is 1.57 bits per heavy atom. The van der Waals surface area contributed by atoms with Gasteiger partial charge in [-0.2, -0.15) is 0 Å². The van der Waals surface area contributed by atoms with Crippen LogP contribution >= 0.6 is 0 Å². The lowest BCUT2D eigenvalue weighted by molar-refractivity contribution is 0.428. The van der Waals surface area contributed by atoms with Crippen molar-refractivity contribution in [3.05, 3.63) is 29.6 Å². The summed E-state index contributed by atoms with van der Waals surface area (Å²) in [6.45, 7) is 2.24. The van der Waals surface area contributed by atoms with Gasteiger partial charge in [-0.05, 0) is 44.9 Å². The van der Waals surface area contributed by atoms with Crippen LogP contribution in [0, 0.1) is 0 Å². The van der Waals surface area contributed by atoms with E-state index in [2.05, 4.69) is 23.3 Å². The van der Waals surface area contributed by atoms with Crippen molar-refractivity contribution in [3.8, 4) is 0 Å². The van der Waals surface area contributed by atoms with E-state index in [9.17, 15) is 0 Å². The number of likely N-dealkylation sites (N-methyl/N-ethyl adjacent to an activating group) is 1. The van der Waals surface area contributed by atoms with E-state index in [1.54, 1.807) is 0 Å². The smallest absolute Gasteiger partial charge is 0.0481 e. The number of hydrogen-bond donors (Lipinski definition) is 1. The van der Waals surface area contributed by atoms with Gasteiger partial charge in [0.2, 0.25) is 0 Å². The van der Waals surface area contributed by atoms with Crippen LogP contribution in [0.1, 0.15) is 36.9 Å². The van der Waals surface area contributed by atoms with Crippen molar-refractivity contribution in [1.29, 1.82) is 0 Å². The van der Waals surface area contributed by atoms with Crippen LogP contribution in [0.2, 0.25) is 0 Å². The molecular formula is C12H18N2. The Labute approximate surface area is 85.7 Å². The molecular weight excluding hydrogens is 172 g/mol. The zero-order valence-corrected chi connectivity index (χ0v) is 8.96. The predicted molar refractivity (Wildman–Crippen MR) is 58.4 cm³/mol. The van der Waals surface area contributed by atoms with Gasteiger partial charge in [-0.3, -0.25) is 4.98 Å². The maximum atomic E-state index is 4.53. The lowest BCUT2D eigenvalue weighted by Gasteiger charge is -2.28.